The molecule has 0 radical (unpaired) electrons. The average Bonchev–Trinajstić information content (AvgIpc) is 2.40. The Kier molecular flexibility index (Phi) is 4.71. The Balaban J connectivity index is 1.95. The van der Waals surface area contributed by atoms with E-state index >= 15 is 0 Å². The highest BCUT2D eigenvalue weighted by Gasteiger charge is 2.36. The predicted octanol–water partition coefficient (Wildman–Crippen LogP) is -0.146. The fraction of sp³-hybridized carbons (Fsp3) is 0.923. The maximum absolute atomic E-state index is 12.5. The highest BCUT2D eigenvalue weighted by molar-refractivity contribution is 7.88. The van der Waals surface area contributed by atoms with Gasteiger partial charge < -0.3 is 10.6 Å². The Morgan fingerprint density at radius 2 is 1.75 bits per heavy atom. The zero-order valence-corrected chi connectivity index (χ0v) is 13.1. The fourth-order valence-corrected chi connectivity index (χ4v) is 4.03. The van der Waals surface area contributed by atoms with Gasteiger partial charge in [0.25, 0.3) is 0 Å². The maximum Gasteiger partial charge on any atom is 0.227 e. The van der Waals surface area contributed by atoms with Crippen molar-refractivity contribution in [3.05, 3.63) is 0 Å². The summed E-state index contributed by atoms with van der Waals surface area (Å²) in [7, 11) is -3.15. The van der Waals surface area contributed by atoms with E-state index in [1.165, 1.54) is 10.6 Å². The molecule has 116 valence electrons. The van der Waals surface area contributed by atoms with Crippen LogP contribution in [0.1, 0.15) is 26.2 Å². The van der Waals surface area contributed by atoms with Gasteiger partial charge in [-0.15, -0.1) is 0 Å². The van der Waals surface area contributed by atoms with Crippen molar-refractivity contribution in [2.75, 3.05) is 32.4 Å². The lowest BCUT2D eigenvalue weighted by molar-refractivity contribution is -0.139. The maximum atomic E-state index is 12.5. The molecule has 1 aliphatic heterocycles. The third kappa shape index (κ3) is 3.32. The number of sulfonamides is 1. The van der Waals surface area contributed by atoms with Gasteiger partial charge in [-0.25, -0.2) is 8.42 Å². The van der Waals surface area contributed by atoms with E-state index in [0.29, 0.717) is 32.1 Å². The van der Waals surface area contributed by atoms with Crippen molar-refractivity contribution in [3.8, 4) is 0 Å². The lowest BCUT2D eigenvalue weighted by atomic mass is 9.77. The minimum absolute atomic E-state index is 0.0656. The first-order valence-corrected chi connectivity index (χ1v) is 9.15. The van der Waals surface area contributed by atoms with Gasteiger partial charge in [0, 0.05) is 32.2 Å². The molecule has 20 heavy (non-hydrogen) atoms. The van der Waals surface area contributed by atoms with Crippen LogP contribution in [0.15, 0.2) is 0 Å². The van der Waals surface area contributed by atoms with Crippen molar-refractivity contribution in [2.45, 2.75) is 32.2 Å². The quantitative estimate of drug-likeness (QED) is 0.769. The van der Waals surface area contributed by atoms with Gasteiger partial charge in [-0.05, 0) is 18.8 Å². The molecular formula is C13H25N3O3S. The number of nitrogens with zero attached hydrogens (tertiary/aromatic N) is 2. The van der Waals surface area contributed by atoms with Gasteiger partial charge in [0.2, 0.25) is 15.9 Å². The Bertz CT molecular complexity index is 457. The Morgan fingerprint density at radius 3 is 2.30 bits per heavy atom. The molecule has 3 unspecified atom stereocenters. The van der Waals surface area contributed by atoms with Gasteiger partial charge in [0.1, 0.15) is 0 Å². The van der Waals surface area contributed by atoms with Crippen molar-refractivity contribution in [1.29, 1.82) is 0 Å². The zero-order chi connectivity index (χ0) is 14.9. The van der Waals surface area contributed by atoms with Gasteiger partial charge in [-0.1, -0.05) is 13.3 Å². The molecule has 3 atom stereocenters. The summed E-state index contributed by atoms with van der Waals surface area (Å²) in [4.78, 5) is 14.3. The number of hydrogen-bond donors (Lipinski definition) is 1. The van der Waals surface area contributed by atoms with Gasteiger partial charge in [0.15, 0.2) is 0 Å². The SMILES string of the molecule is CC1CCCC(C(=O)N2CCN(S(C)(=O)=O)CC2)C1N. The third-order valence-electron chi connectivity index (χ3n) is 4.63. The molecule has 0 aromatic rings. The molecular weight excluding hydrogens is 278 g/mol. The van der Waals surface area contributed by atoms with Gasteiger partial charge >= 0.3 is 0 Å². The number of carbonyl (C=O) groups is 1. The summed E-state index contributed by atoms with van der Waals surface area (Å²) in [5, 5.41) is 0. The predicted molar refractivity (Wildman–Crippen MR) is 77.5 cm³/mol. The molecule has 0 aromatic heterocycles. The van der Waals surface area contributed by atoms with Crippen LogP contribution in [-0.4, -0.2) is 62.0 Å². The molecule has 2 aliphatic rings. The summed E-state index contributed by atoms with van der Waals surface area (Å²) >= 11 is 0. The molecule has 1 saturated heterocycles. The van der Waals surface area contributed by atoms with Crippen molar-refractivity contribution < 1.29 is 13.2 Å². The lowest BCUT2D eigenvalue weighted by Gasteiger charge is -2.39. The normalized spacial score (nSPS) is 33.1. The summed E-state index contributed by atoms with van der Waals surface area (Å²) in [6.45, 7) is 3.84. The topological polar surface area (TPSA) is 83.7 Å². The number of piperazine rings is 1. The number of hydrogen-bond acceptors (Lipinski definition) is 4. The van der Waals surface area contributed by atoms with E-state index in [0.717, 1.165) is 19.3 Å². The van der Waals surface area contributed by atoms with Crippen molar-refractivity contribution in [3.63, 3.8) is 0 Å². The Labute approximate surface area is 121 Å². The number of amides is 1. The van der Waals surface area contributed by atoms with Gasteiger partial charge in [-0.3, -0.25) is 4.79 Å². The molecule has 0 aromatic carbocycles. The first-order chi connectivity index (χ1) is 9.30. The molecule has 1 heterocycles. The third-order valence-corrected chi connectivity index (χ3v) is 5.94. The molecule has 1 aliphatic carbocycles. The summed E-state index contributed by atoms with van der Waals surface area (Å²) in [5.74, 6) is 0.399. The van der Waals surface area contributed by atoms with E-state index < -0.39 is 10.0 Å². The second-order valence-electron chi connectivity index (χ2n) is 6.08. The molecule has 2 N–H and O–H groups in total. The standard InChI is InChI=1S/C13H25N3O3S/c1-10-4-3-5-11(12(10)14)13(17)15-6-8-16(9-7-15)20(2,18)19/h10-12H,3-9,14H2,1-2H3. The molecule has 1 saturated carbocycles. The smallest absolute Gasteiger partial charge is 0.227 e. The summed E-state index contributed by atoms with van der Waals surface area (Å²) < 4.78 is 24.4. The van der Waals surface area contributed by atoms with Crippen LogP contribution in [-0.2, 0) is 14.8 Å². The number of rotatable bonds is 2. The minimum atomic E-state index is -3.15. The highest BCUT2D eigenvalue weighted by atomic mass is 32.2. The van der Waals surface area contributed by atoms with Crippen LogP contribution < -0.4 is 5.73 Å². The summed E-state index contributed by atoms with van der Waals surface area (Å²) in [6, 6.07) is -0.0656. The summed E-state index contributed by atoms with van der Waals surface area (Å²) in [6.07, 6.45) is 4.21. The molecule has 6 nitrogen and oxygen atoms in total. The molecule has 1 amide bonds. The largest absolute Gasteiger partial charge is 0.340 e. The first-order valence-electron chi connectivity index (χ1n) is 7.30. The van der Waals surface area contributed by atoms with Crippen LogP contribution in [0.3, 0.4) is 0 Å². The van der Waals surface area contributed by atoms with Gasteiger partial charge in [0.05, 0.1) is 12.2 Å². The number of carbonyl (C=O) groups excluding carboxylic acids is 1. The van der Waals surface area contributed by atoms with E-state index in [1.54, 1.807) is 4.90 Å². The van der Waals surface area contributed by atoms with Crippen LogP contribution >= 0.6 is 0 Å². The Hall–Kier alpha value is -0.660. The monoisotopic (exact) mass is 303 g/mol. The highest BCUT2D eigenvalue weighted by Crippen LogP contribution is 2.29. The van der Waals surface area contributed by atoms with Crippen LogP contribution in [0.2, 0.25) is 0 Å². The van der Waals surface area contributed by atoms with Crippen LogP contribution in [0, 0.1) is 11.8 Å². The fourth-order valence-electron chi connectivity index (χ4n) is 3.20. The van der Waals surface area contributed by atoms with Crippen LogP contribution in [0.5, 0.6) is 0 Å². The zero-order valence-electron chi connectivity index (χ0n) is 12.3. The first kappa shape index (κ1) is 15.7. The lowest BCUT2D eigenvalue weighted by Crippen LogP contribution is -2.55. The number of nitrogens with two attached hydrogens (primary N) is 1. The average molecular weight is 303 g/mol. The molecule has 2 rings (SSSR count). The Morgan fingerprint density at radius 1 is 1.15 bits per heavy atom. The van der Waals surface area contributed by atoms with Crippen LogP contribution in [0.4, 0.5) is 0 Å². The van der Waals surface area contributed by atoms with Crippen LogP contribution in [0.25, 0.3) is 0 Å². The van der Waals surface area contributed by atoms with E-state index in [9.17, 15) is 13.2 Å². The van der Waals surface area contributed by atoms with E-state index in [4.69, 9.17) is 5.73 Å². The summed E-state index contributed by atoms with van der Waals surface area (Å²) in [5.41, 5.74) is 6.17. The minimum Gasteiger partial charge on any atom is -0.340 e. The van der Waals surface area contributed by atoms with Crippen molar-refractivity contribution in [1.82, 2.24) is 9.21 Å². The van der Waals surface area contributed by atoms with Gasteiger partial charge in [-0.2, -0.15) is 4.31 Å². The second kappa shape index (κ2) is 5.99. The molecule has 2 fully saturated rings. The van der Waals surface area contributed by atoms with E-state index in [-0.39, 0.29) is 17.9 Å². The molecule has 7 heteroatoms. The molecule has 0 spiro atoms. The molecule has 0 bridgehead atoms. The van der Waals surface area contributed by atoms with Crippen molar-refractivity contribution >= 4 is 15.9 Å². The second-order valence-corrected chi connectivity index (χ2v) is 8.06. The van der Waals surface area contributed by atoms with Crippen molar-refractivity contribution in [2.24, 2.45) is 17.6 Å². The van der Waals surface area contributed by atoms with E-state index in [2.05, 4.69) is 6.92 Å². The van der Waals surface area contributed by atoms with E-state index in [1.807, 2.05) is 0 Å².